The molecule has 1 aliphatic rings. The zero-order valence-electron chi connectivity index (χ0n) is 11.7. The number of hydrogen-bond acceptors (Lipinski definition) is 7. The Morgan fingerprint density at radius 3 is 2.67 bits per heavy atom. The second kappa shape index (κ2) is 7.33. The highest BCUT2D eigenvalue weighted by Crippen LogP contribution is 2.26. The van der Waals surface area contributed by atoms with Crippen LogP contribution in [0.15, 0.2) is 24.3 Å². The molecule has 1 aromatic carbocycles. The van der Waals surface area contributed by atoms with Crippen molar-refractivity contribution in [3.8, 4) is 5.75 Å². The third-order valence-corrected chi connectivity index (χ3v) is 3.78. The largest absolute Gasteiger partial charge is 0.497 e. The van der Waals surface area contributed by atoms with E-state index in [-0.39, 0.29) is 12.0 Å². The minimum absolute atomic E-state index is 0.104. The molecule has 0 aliphatic carbocycles. The number of carbonyl (C=O) groups excluding carboxylic acids is 2. The molecule has 0 N–H and O–H groups in total. The van der Waals surface area contributed by atoms with Gasteiger partial charge in [0.05, 0.1) is 18.4 Å². The summed E-state index contributed by atoms with van der Waals surface area (Å²) in [6.07, 6.45) is -0.572. The fourth-order valence-electron chi connectivity index (χ4n) is 1.72. The molecule has 1 saturated heterocycles. The van der Waals surface area contributed by atoms with Crippen LogP contribution in [0.2, 0.25) is 0 Å². The van der Waals surface area contributed by atoms with Gasteiger partial charge in [-0.1, -0.05) is 0 Å². The number of thioether (sulfide) groups is 1. The van der Waals surface area contributed by atoms with Gasteiger partial charge in [-0.25, -0.2) is 4.79 Å². The third-order valence-electron chi connectivity index (χ3n) is 2.70. The van der Waals surface area contributed by atoms with Crippen LogP contribution in [0.5, 0.6) is 5.75 Å². The molecule has 0 radical (unpaired) electrons. The molecular formula is C14H16O6S. The summed E-state index contributed by atoms with van der Waals surface area (Å²) in [7, 11) is 1.56. The second-order valence-electron chi connectivity index (χ2n) is 4.26. The third kappa shape index (κ3) is 4.64. The molecular weight excluding hydrogens is 296 g/mol. The van der Waals surface area contributed by atoms with Gasteiger partial charge in [-0.15, -0.1) is 11.8 Å². The monoisotopic (exact) mass is 312 g/mol. The van der Waals surface area contributed by atoms with E-state index in [2.05, 4.69) is 0 Å². The highest BCUT2D eigenvalue weighted by Gasteiger charge is 2.29. The van der Waals surface area contributed by atoms with Gasteiger partial charge >= 0.3 is 11.9 Å². The molecule has 7 heteroatoms. The molecule has 0 spiro atoms. The number of methoxy groups -OCH3 is 1. The predicted octanol–water partition coefficient (Wildman–Crippen LogP) is 1.83. The first-order valence-electron chi connectivity index (χ1n) is 6.34. The Balaban J connectivity index is 1.77. The van der Waals surface area contributed by atoms with Gasteiger partial charge < -0.3 is 18.9 Å². The quantitative estimate of drug-likeness (QED) is 0.768. The van der Waals surface area contributed by atoms with Crippen LogP contribution in [0, 0.1) is 0 Å². The first-order valence-corrected chi connectivity index (χ1v) is 7.39. The van der Waals surface area contributed by atoms with E-state index < -0.39 is 18.2 Å². The summed E-state index contributed by atoms with van der Waals surface area (Å²) in [4.78, 5) is 22.6. The zero-order valence-corrected chi connectivity index (χ0v) is 12.6. The molecule has 0 bridgehead atoms. The van der Waals surface area contributed by atoms with Crippen LogP contribution in [-0.4, -0.2) is 43.1 Å². The number of rotatable bonds is 5. The van der Waals surface area contributed by atoms with Crippen LogP contribution < -0.4 is 4.74 Å². The number of esters is 2. The van der Waals surface area contributed by atoms with E-state index in [4.69, 9.17) is 18.9 Å². The summed E-state index contributed by atoms with van der Waals surface area (Å²) in [5, 5.41) is 0. The maximum absolute atomic E-state index is 11.8. The summed E-state index contributed by atoms with van der Waals surface area (Å²) < 4.78 is 20.5. The van der Waals surface area contributed by atoms with Gasteiger partial charge in [-0.3, -0.25) is 4.79 Å². The van der Waals surface area contributed by atoms with E-state index in [1.165, 1.54) is 18.7 Å². The van der Waals surface area contributed by atoms with E-state index >= 15 is 0 Å². The van der Waals surface area contributed by atoms with Crippen molar-refractivity contribution in [2.45, 2.75) is 18.6 Å². The lowest BCUT2D eigenvalue weighted by Gasteiger charge is -2.12. The molecule has 1 aliphatic heterocycles. The molecule has 0 aromatic heterocycles. The fourth-order valence-corrected chi connectivity index (χ4v) is 2.61. The molecule has 0 amide bonds. The SMILES string of the molecule is COc1ccc(C(=O)OCC2OC(OC(C)=O)CS2)cc1. The highest BCUT2D eigenvalue weighted by molar-refractivity contribution is 8.00. The topological polar surface area (TPSA) is 71.1 Å². The number of benzene rings is 1. The average molecular weight is 312 g/mol. The van der Waals surface area contributed by atoms with E-state index in [0.717, 1.165) is 0 Å². The van der Waals surface area contributed by atoms with E-state index in [0.29, 0.717) is 17.1 Å². The van der Waals surface area contributed by atoms with Crippen LogP contribution in [0.1, 0.15) is 17.3 Å². The van der Waals surface area contributed by atoms with Gasteiger partial charge in [0.1, 0.15) is 17.8 Å². The van der Waals surface area contributed by atoms with Crippen LogP contribution in [0.4, 0.5) is 0 Å². The summed E-state index contributed by atoms with van der Waals surface area (Å²) in [6, 6.07) is 6.64. The van der Waals surface area contributed by atoms with Gasteiger partial charge in [0.25, 0.3) is 0 Å². The molecule has 114 valence electrons. The van der Waals surface area contributed by atoms with Gasteiger partial charge in [0, 0.05) is 6.92 Å². The first kappa shape index (κ1) is 15.7. The van der Waals surface area contributed by atoms with Crippen LogP contribution in [0.3, 0.4) is 0 Å². The maximum Gasteiger partial charge on any atom is 0.338 e. The summed E-state index contributed by atoms with van der Waals surface area (Å²) in [6.45, 7) is 1.43. The number of hydrogen-bond donors (Lipinski definition) is 0. The van der Waals surface area contributed by atoms with Gasteiger partial charge in [-0.05, 0) is 24.3 Å². The van der Waals surface area contributed by atoms with Crippen LogP contribution in [-0.2, 0) is 19.0 Å². The zero-order chi connectivity index (χ0) is 15.2. The molecule has 2 atom stereocenters. The lowest BCUT2D eigenvalue weighted by molar-refractivity contribution is -0.172. The Labute approximate surface area is 126 Å². The second-order valence-corrected chi connectivity index (χ2v) is 5.46. The molecule has 1 heterocycles. The minimum Gasteiger partial charge on any atom is -0.497 e. The standard InChI is InChI=1S/C14H16O6S/c1-9(15)19-12-8-21-13(20-12)7-18-14(16)10-3-5-11(17-2)6-4-10/h3-6,12-13H,7-8H2,1-2H3. The lowest BCUT2D eigenvalue weighted by Crippen LogP contribution is -2.22. The van der Waals surface area contributed by atoms with Crippen molar-refractivity contribution in [1.82, 2.24) is 0 Å². The van der Waals surface area contributed by atoms with Crippen molar-refractivity contribution in [2.24, 2.45) is 0 Å². The molecule has 2 rings (SSSR count). The van der Waals surface area contributed by atoms with Crippen molar-refractivity contribution in [3.63, 3.8) is 0 Å². The molecule has 2 unspecified atom stereocenters. The number of ether oxygens (including phenoxy) is 4. The molecule has 6 nitrogen and oxygen atoms in total. The van der Waals surface area contributed by atoms with Crippen molar-refractivity contribution in [1.29, 1.82) is 0 Å². The van der Waals surface area contributed by atoms with Gasteiger partial charge in [-0.2, -0.15) is 0 Å². The molecule has 21 heavy (non-hydrogen) atoms. The Hall–Kier alpha value is -1.73. The minimum atomic E-state index is -0.572. The lowest BCUT2D eigenvalue weighted by atomic mass is 10.2. The first-order chi connectivity index (χ1) is 10.1. The normalized spacial score (nSPS) is 20.9. The van der Waals surface area contributed by atoms with Gasteiger partial charge in [0.2, 0.25) is 6.29 Å². The van der Waals surface area contributed by atoms with E-state index in [1.807, 2.05) is 0 Å². The Kier molecular flexibility index (Phi) is 5.46. The smallest absolute Gasteiger partial charge is 0.338 e. The Bertz CT molecular complexity index is 501. The van der Waals surface area contributed by atoms with Crippen molar-refractivity contribution in [2.75, 3.05) is 19.5 Å². The fraction of sp³-hybridized carbons (Fsp3) is 0.429. The predicted molar refractivity (Wildman–Crippen MR) is 76.2 cm³/mol. The van der Waals surface area contributed by atoms with E-state index in [1.54, 1.807) is 31.4 Å². The molecule has 1 fully saturated rings. The van der Waals surface area contributed by atoms with Crippen molar-refractivity contribution < 1.29 is 28.5 Å². The van der Waals surface area contributed by atoms with E-state index in [9.17, 15) is 9.59 Å². The molecule has 1 aromatic rings. The Morgan fingerprint density at radius 1 is 1.33 bits per heavy atom. The Morgan fingerprint density at radius 2 is 2.05 bits per heavy atom. The summed E-state index contributed by atoms with van der Waals surface area (Å²) in [5.74, 6) is 0.379. The highest BCUT2D eigenvalue weighted by atomic mass is 32.2. The molecule has 0 saturated carbocycles. The van der Waals surface area contributed by atoms with Crippen molar-refractivity contribution >= 4 is 23.7 Å². The summed E-state index contributed by atoms with van der Waals surface area (Å²) in [5.41, 5.74) is 0.117. The van der Waals surface area contributed by atoms with Gasteiger partial charge in [0.15, 0.2) is 0 Å². The van der Waals surface area contributed by atoms with Crippen LogP contribution >= 0.6 is 11.8 Å². The number of carbonyl (C=O) groups is 2. The van der Waals surface area contributed by atoms with Crippen molar-refractivity contribution in [3.05, 3.63) is 29.8 Å². The van der Waals surface area contributed by atoms with Crippen LogP contribution in [0.25, 0.3) is 0 Å². The summed E-state index contributed by atoms with van der Waals surface area (Å²) >= 11 is 1.44. The average Bonchev–Trinajstić information content (AvgIpc) is 2.91. The maximum atomic E-state index is 11.8.